The molecule has 0 atom stereocenters. The zero-order chi connectivity index (χ0) is 15.3. The zero-order valence-corrected chi connectivity index (χ0v) is 13.7. The quantitative estimate of drug-likeness (QED) is 0.813. The molecule has 1 fully saturated rings. The molecule has 2 rings (SSSR count). The van der Waals surface area contributed by atoms with Gasteiger partial charge in [0.2, 0.25) is 0 Å². The Morgan fingerprint density at radius 2 is 2.00 bits per heavy atom. The Morgan fingerprint density at radius 3 is 2.57 bits per heavy atom. The Morgan fingerprint density at radius 1 is 1.29 bits per heavy atom. The predicted molar refractivity (Wildman–Crippen MR) is 88.3 cm³/mol. The summed E-state index contributed by atoms with van der Waals surface area (Å²) in [4.78, 5) is 0. The van der Waals surface area contributed by atoms with E-state index in [0.29, 0.717) is 10.8 Å². The second-order valence-electron chi connectivity index (χ2n) is 6.38. The predicted octanol–water partition coefficient (Wildman–Crippen LogP) is 4.48. The van der Waals surface area contributed by atoms with Crippen LogP contribution in [0.25, 0.3) is 0 Å². The zero-order valence-electron chi connectivity index (χ0n) is 13.0. The van der Waals surface area contributed by atoms with Crippen LogP contribution in [0.4, 0.5) is 5.69 Å². The van der Waals surface area contributed by atoms with Gasteiger partial charge in [0.25, 0.3) is 0 Å². The molecule has 1 aromatic carbocycles. The van der Waals surface area contributed by atoms with E-state index in [0.717, 1.165) is 25.1 Å². The molecule has 0 aliphatic heterocycles. The van der Waals surface area contributed by atoms with E-state index >= 15 is 0 Å². The van der Waals surface area contributed by atoms with Gasteiger partial charge in [-0.25, -0.2) is 0 Å². The fraction of sp³-hybridized carbons (Fsp3) is 0.647. The highest BCUT2D eigenvalue weighted by Gasteiger charge is 2.31. The molecule has 0 heterocycles. The number of halogens is 1. The highest BCUT2D eigenvalue weighted by Crippen LogP contribution is 2.36. The van der Waals surface area contributed by atoms with E-state index in [1.807, 2.05) is 32.0 Å². The summed E-state index contributed by atoms with van der Waals surface area (Å²) in [6, 6.07) is 5.78. The molecule has 3 nitrogen and oxygen atoms in total. The second-order valence-corrected chi connectivity index (χ2v) is 6.79. The van der Waals surface area contributed by atoms with Crippen molar-refractivity contribution < 1.29 is 9.84 Å². The molecular weight excluding hydrogens is 286 g/mol. The lowest BCUT2D eigenvalue weighted by Crippen LogP contribution is -2.35. The third kappa shape index (κ3) is 4.52. The highest BCUT2D eigenvalue weighted by atomic mass is 35.5. The summed E-state index contributed by atoms with van der Waals surface area (Å²) in [7, 11) is 0. The summed E-state index contributed by atoms with van der Waals surface area (Å²) < 4.78 is 5.64. The fourth-order valence-electron chi connectivity index (χ4n) is 2.94. The minimum Gasteiger partial charge on any atom is -0.489 e. The molecular formula is C17H26ClNO2. The third-order valence-electron chi connectivity index (χ3n) is 4.21. The molecule has 0 amide bonds. The largest absolute Gasteiger partial charge is 0.489 e. The number of benzene rings is 1. The van der Waals surface area contributed by atoms with E-state index in [1.54, 1.807) is 0 Å². The molecule has 0 spiro atoms. The minimum atomic E-state index is 0.0256. The van der Waals surface area contributed by atoms with Crippen LogP contribution in [0.5, 0.6) is 5.75 Å². The Kier molecular flexibility index (Phi) is 5.77. The number of rotatable bonds is 6. The van der Waals surface area contributed by atoms with Crippen LogP contribution in [-0.2, 0) is 0 Å². The van der Waals surface area contributed by atoms with Crippen LogP contribution < -0.4 is 10.1 Å². The first-order valence-corrected chi connectivity index (χ1v) is 8.23. The molecule has 1 aliphatic rings. The highest BCUT2D eigenvalue weighted by molar-refractivity contribution is 6.32. The van der Waals surface area contributed by atoms with E-state index in [4.69, 9.17) is 16.3 Å². The van der Waals surface area contributed by atoms with Gasteiger partial charge in [0.05, 0.1) is 17.7 Å². The summed E-state index contributed by atoms with van der Waals surface area (Å²) in [5.41, 5.74) is 1.01. The maximum Gasteiger partial charge on any atom is 0.138 e. The number of aliphatic hydroxyl groups is 1. The number of hydrogen-bond donors (Lipinski definition) is 2. The van der Waals surface area contributed by atoms with Crippen molar-refractivity contribution in [2.24, 2.45) is 5.41 Å². The van der Waals surface area contributed by atoms with Gasteiger partial charge in [-0.2, -0.15) is 0 Å². The molecule has 2 N–H and O–H groups in total. The van der Waals surface area contributed by atoms with Crippen molar-refractivity contribution in [3.05, 3.63) is 23.2 Å². The lowest BCUT2D eigenvalue weighted by atomic mass is 9.74. The number of aliphatic hydroxyl groups excluding tert-OH is 1. The average molecular weight is 312 g/mol. The van der Waals surface area contributed by atoms with E-state index in [9.17, 15) is 5.11 Å². The van der Waals surface area contributed by atoms with Gasteiger partial charge in [0.15, 0.2) is 0 Å². The number of hydrogen-bond acceptors (Lipinski definition) is 3. The maximum atomic E-state index is 9.73. The molecule has 0 aromatic heterocycles. The van der Waals surface area contributed by atoms with Crippen LogP contribution in [0.3, 0.4) is 0 Å². The summed E-state index contributed by atoms with van der Waals surface area (Å²) in [5, 5.41) is 13.8. The number of ether oxygens (including phenoxy) is 1. The summed E-state index contributed by atoms with van der Waals surface area (Å²) in [5.74, 6) is 0.715. The van der Waals surface area contributed by atoms with Crippen LogP contribution in [0.15, 0.2) is 18.2 Å². The van der Waals surface area contributed by atoms with Crippen molar-refractivity contribution in [3.8, 4) is 5.75 Å². The van der Waals surface area contributed by atoms with E-state index in [-0.39, 0.29) is 18.1 Å². The van der Waals surface area contributed by atoms with E-state index in [2.05, 4.69) is 5.32 Å². The van der Waals surface area contributed by atoms with Gasteiger partial charge >= 0.3 is 0 Å². The molecule has 118 valence electrons. The number of anilines is 1. The molecule has 0 saturated heterocycles. The standard InChI is InChI=1S/C17H26ClNO2/c1-13(2)21-16-7-6-14(10-15(16)18)19-11-17(12-20)8-4-3-5-9-17/h6-7,10,13,19-20H,3-5,8-9,11-12H2,1-2H3. The van der Waals surface area contributed by atoms with Gasteiger partial charge < -0.3 is 15.2 Å². The van der Waals surface area contributed by atoms with Gasteiger partial charge in [-0.3, -0.25) is 0 Å². The van der Waals surface area contributed by atoms with Crippen LogP contribution in [0, 0.1) is 5.41 Å². The first kappa shape index (κ1) is 16.4. The molecule has 21 heavy (non-hydrogen) atoms. The molecule has 1 aliphatic carbocycles. The smallest absolute Gasteiger partial charge is 0.138 e. The summed E-state index contributed by atoms with van der Waals surface area (Å²) >= 11 is 6.25. The average Bonchev–Trinajstić information content (AvgIpc) is 2.48. The number of nitrogens with one attached hydrogen (secondary N) is 1. The molecule has 4 heteroatoms. The van der Waals surface area contributed by atoms with Crippen LogP contribution >= 0.6 is 11.6 Å². The lowest BCUT2D eigenvalue weighted by Gasteiger charge is -2.36. The topological polar surface area (TPSA) is 41.5 Å². The van der Waals surface area contributed by atoms with Gasteiger partial charge in [-0.1, -0.05) is 30.9 Å². The first-order valence-electron chi connectivity index (χ1n) is 7.86. The lowest BCUT2D eigenvalue weighted by molar-refractivity contribution is 0.0944. The van der Waals surface area contributed by atoms with Crippen molar-refractivity contribution in [3.63, 3.8) is 0 Å². The first-order chi connectivity index (χ1) is 10.0. The monoisotopic (exact) mass is 311 g/mol. The minimum absolute atomic E-state index is 0.0256. The van der Waals surface area contributed by atoms with Crippen LogP contribution in [0.2, 0.25) is 5.02 Å². The van der Waals surface area contributed by atoms with Crippen LogP contribution in [-0.4, -0.2) is 24.4 Å². The Bertz CT molecular complexity index is 456. The Labute approximate surface area is 132 Å². The summed E-state index contributed by atoms with van der Waals surface area (Å²) in [6.45, 7) is 5.01. The molecule has 0 radical (unpaired) electrons. The van der Waals surface area contributed by atoms with Gasteiger partial charge in [0, 0.05) is 17.6 Å². The molecule has 1 saturated carbocycles. The van der Waals surface area contributed by atoms with Crippen molar-refractivity contribution in [2.45, 2.75) is 52.1 Å². The van der Waals surface area contributed by atoms with Crippen molar-refractivity contribution >= 4 is 17.3 Å². The Balaban J connectivity index is 1.98. The Hall–Kier alpha value is -0.930. The fourth-order valence-corrected chi connectivity index (χ4v) is 3.17. The summed E-state index contributed by atoms with van der Waals surface area (Å²) in [6.07, 6.45) is 6.02. The molecule has 1 aromatic rings. The van der Waals surface area contributed by atoms with E-state index in [1.165, 1.54) is 19.3 Å². The van der Waals surface area contributed by atoms with Crippen LogP contribution in [0.1, 0.15) is 46.0 Å². The molecule has 0 bridgehead atoms. The molecule has 0 unspecified atom stereocenters. The van der Waals surface area contributed by atoms with Crippen molar-refractivity contribution in [2.75, 3.05) is 18.5 Å². The van der Waals surface area contributed by atoms with Gasteiger partial charge in [0.1, 0.15) is 5.75 Å². The van der Waals surface area contributed by atoms with Crippen molar-refractivity contribution in [1.82, 2.24) is 0 Å². The SMILES string of the molecule is CC(C)Oc1ccc(NCC2(CO)CCCCC2)cc1Cl. The second kappa shape index (κ2) is 7.37. The normalized spacial score (nSPS) is 17.8. The third-order valence-corrected chi connectivity index (χ3v) is 4.51. The van der Waals surface area contributed by atoms with E-state index < -0.39 is 0 Å². The van der Waals surface area contributed by atoms with Crippen molar-refractivity contribution in [1.29, 1.82) is 0 Å². The van der Waals surface area contributed by atoms with Gasteiger partial charge in [-0.15, -0.1) is 0 Å². The maximum absolute atomic E-state index is 9.73. The van der Waals surface area contributed by atoms with Gasteiger partial charge in [-0.05, 0) is 44.9 Å².